The molecule has 0 amide bonds. The molecule has 0 heterocycles. The van der Waals surface area contributed by atoms with Gasteiger partial charge in [0.1, 0.15) is 4.90 Å². The van der Waals surface area contributed by atoms with Crippen LogP contribution < -0.4 is 0 Å². The number of nitrogens with zero attached hydrogens (tertiary/aromatic N) is 2. The normalized spacial score (nSPS) is 15.3. The second-order valence-electron chi connectivity index (χ2n) is 3.35. The van der Waals surface area contributed by atoms with Crippen molar-refractivity contribution >= 4 is 15.9 Å². The molecule has 10 heteroatoms. The smallest absolute Gasteiger partial charge is 0.258 e. The van der Waals surface area contributed by atoms with Crippen LogP contribution in [0, 0.1) is 21.4 Å². The molecule has 4 nitrogen and oxygen atoms in total. The molecule has 0 unspecified atom stereocenters. The maximum Gasteiger partial charge on any atom is 0.310 e. The van der Waals surface area contributed by atoms with Crippen molar-refractivity contribution in [3.8, 4) is 6.07 Å². The summed E-state index contributed by atoms with van der Waals surface area (Å²) in [5.41, 5.74) is -1.50. The number of nitro benzene ring substituents is 1. The van der Waals surface area contributed by atoms with Crippen LogP contribution in [0.2, 0.25) is 0 Å². The highest BCUT2D eigenvalue weighted by Gasteiger charge is 2.65. The van der Waals surface area contributed by atoms with Crippen LogP contribution in [0.1, 0.15) is 5.56 Å². The molecule has 0 aromatic heterocycles. The van der Waals surface area contributed by atoms with Crippen LogP contribution in [0.25, 0.3) is 0 Å². The number of benzene rings is 1. The lowest BCUT2D eigenvalue weighted by Gasteiger charge is -2.40. The lowest BCUT2D eigenvalue weighted by molar-refractivity contribution is -0.385. The average Bonchev–Trinajstić information content (AvgIpc) is 2.14. The van der Waals surface area contributed by atoms with E-state index < -0.39 is 37.7 Å². The zero-order chi connectivity index (χ0) is 14.3. The fourth-order valence-electron chi connectivity index (χ4n) is 1.21. The van der Waals surface area contributed by atoms with Crippen LogP contribution in [0.4, 0.5) is 25.1 Å². The number of nitro groups is 1. The molecule has 0 aliphatic rings. The molecule has 100 valence electrons. The van der Waals surface area contributed by atoms with Gasteiger partial charge in [-0.1, -0.05) is 19.4 Å². The van der Waals surface area contributed by atoms with Crippen molar-refractivity contribution in [1.82, 2.24) is 0 Å². The highest BCUT2D eigenvalue weighted by atomic mass is 32.5. The van der Waals surface area contributed by atoms with Gasteiger partial charge in [0.15, 0.2) is 0 Å². The standard InChI is InChI=1S/C8H5F5N2O2S/c9-18(10,11,12,13)7-1-2-8(15(16)17)6(5-7)3-4-14/h1-2,5H,3H2. The van der Waals surface area contributed by atoms with Gasteiger partial charge in [-0.3, -0.25) is 10.1 Å². The Morgan fingerprint density at radius 3 is 2.22 bits per heavy atom. The van der Waals surface area contributed by atoms with Crippen molar-refractivity contribution in [2.45, 2.75) is 11.3 Å². The second kappa shape index (κ2) is 3.32. The minimum Gasteiger partial charge on any atom is -0.258 e. The highest BCUT2D eigenvalue weighted by molar-refractivity contribution is 8.45. The summed E-state index contributed by atoms with van der Waals surface area (Å²) in [4.78, 5) is 7.17. The third-order valence-electron chi connectivity index (χ3n) is 1.96. The predicted octanol–water partition coefficient (Wildman–Crippen LogP) is 4.32. The summed E-state index contributed by atoms with van der Waals surface area (Å²) >= 11 is 0. The van der Waals surface area contributed by atoms with Gasteiger partial charge in [0, 0.05) is 11.6 Å². The van der Waals surface area contributed by atoms with E-state index in [0.29, 0.717) is 6.07 Å². The Morgan fingerprint density at radius 1 is 1.28 bits per heavy atom. The number of hydrogen-bond acceptors (Lipinski definition) is 3. The summed E-state index contributed by atoms with van der Waals surface area (Å²) in [7, 11) is -9.89. The number of nitriles is 1. The van der Waals surface area contributed by atoms with Crippen LogP contribution in [0.15, 0.2) is 23.1 Å². The molecule has 0 atom stereocenters. The van der Waals surface area contributed by atoms with Crippen molar-refractivity contribution in [1.29, 1.82) is 5.26 Å². The lowest BCUT2D eigenvalue weighted by atomic mass is 10.1. The average molecular weight is 288 g/mol. The van der Waals surface area contributed by atoms with E-state index in [4.69, 9.17) is 5.26 Å². The van der Waals surface area contributed by atoms with Crippen LogP contribution in [0.3, 0.4) is 0 Å². The molecule has 0 radical (unpaired) electrons. The molecule has 1 aromatic rings. The molecular weight excluding hydrogens is 283 g/mol. The van der Waals surface area contributed by atoms with E-state index in [9.17, 15) is 29.5 Å². The first-order valence-corrected chi connectivity index (χ1v) is 6.18. The maximum atomic E-state index is 12.4. The van der Waals surface area contributed by atoms with Crippen molar-refractivity contribution < 1.29 is 24.4 Å². The van der Waals surface area contributed by atoms with Gasteiger partial charge >= 0.3 is 10.2 Å². The summed E-state index contributed by atoms with van der Waals surface area (Å²) in [5.74, 6) is 0. The van der Waals surface area contributed by atoms with E-state index in [-0.39, 0.29) is 12.1 Å². The Labute approximate surface area is 97.5 Å². The third-order valence-corrected chi connectivity index (χ3v) is 3.11. The monoisotopic (exact) mass is 288 g/mol. The first-order valence-electron chi connectivity index (χ1n) is 4.23. The summed E-state index contributed by atoms with van der Waals surface area (Å²) in [6.45, 7) is 0. The molecule has 0 saturated heterocycles. The van der Waals surface area contributed by atoms with Crippen molar-refractivity contribution in [3.05, 3.63) is 33.9 Å². The van der Waals surface area contributed by atoms with Gasteiger partial charge in [0.2, 0.25) is 0 Å². The Bertz CT molecular complexity index is 563. The molecule has 0 bridgehead atoms. The van der Waals surface area contributed by atoms with Crippen molar-refractivity contribution in [2.75, 3.05) is 0 Å². The van der Waals surface area contributed by atoms with Gasteiger partial charge < -0.3 is 0 Å². The third kappa shape index (κ3) is 3.07. The van der Waals surface area contributed by atoms with Crippen LogP contribution in [-0.4, -0.2) is 4.92 Å². The SMILES string of the molecule is N#CCc1cc(S(F)(F)(F)(F)F)ccc1[N+](=O)[O-]. The first kappa shape index (κ1) is 14.2. The summed E-state index contributed by atoms with van der Waals surface area (Å²) in [6, 6.07) is 1.59. The van der Waals surface area contributed by atoms with Crippen LogP contribution >= 0.6 is 10.2 Å². The van der Waals surface area contributed by atoms with E-state index in [2.05, 4.69) is 0 Å². The molecule has 0 aliphatic heterocycles. The van der Waals surface area contributed by atoms with Gasteiger partial charge in [-0.05, 0) is 12.1 Å². The van der Waals surface area contributed by atoms with E-state index in [1.807, 2.05) is 0 Å². The van der Waals surface area contributed by atoms with E-state index in [0.717, 1.165) is 0 Å². The van der Waals surface area contributed by atoms with Gasteiger partial charge in [-0.15, -0.1) is 0 Å². The summed E-state index contributed by atoms with van der Waals surface area (Å²) < 4.78 is 62.2. The molecule has 0 fully saturated rings. The Hall–Kier alpha value is -1.89. The van der Waals surface area contributed by atoms with Gasteiger partial charge in [-0.25, -0.2) is 0 Å². The minimum absolute atomic E-state index is 0.0527. The van der Waals surface area contributed by atoms with Crippen LogP contribution in [0.5, 0.6) is 0 Å². The highest BCUT2D eigenvalue weighted by Crippen LogP contribution is 3.02. The molecule has 18 heavy (non-hydrogen) atoms. The topological polar surface area (TPSA) is 66.9 Å². The van der Waals surface area contributed by atoms with Crippen molar-refractivity contribution in [2.24, 2.45) is 0 Å². The molecule has 0 aliphatic carbocycles. The molecule has 1 rings (SSSR count). The predicted molar refractivity (Wildman–Crippen MR) is 53.8 cm³/mol. The Morgan fingerprint density at radius 2 is 1.83 bits per heavy atom. The van der Waals surface area contributed by atoms with Gasteiger partial charge in [0.05, 0.1) is 17.4 Å². The summed E-state index contributed by atoms with van der Waals surface area (Å²) in [5, 5.41) is 18.8. The Balaban J connectivity index is 3.53. The van der Waals surface area contributed by atoms with E-state index in [1.165, 1.54) is 6.07 Å². The first-order chi connectivity index (χ1) is 7.85. The van der Waals surface area contributed by atoms with E-state index in [1.54, 1.807) is 0 Å². The number of hydrogen-bond donors (Lipinski definition) is 0. The molecule has 0 saturated carbocycles. The molecule has 1 aromatic carbocycles. The van der Waals surface area contributed by atoms with E-state index >= 15 is 0 Å². The lowest BCUT2D eigenvalue weighted by Crippen LogP contribution is -2.07. The minimum atomic E-state index is -9.89. The van der Waals surface area contributed by atoms with Crippen LogP contribution in [-0.2, 0) is 6.42 Å². The molecule has 0 N–H and O–H groups in total. The van der Waals surface area contributed by atoms with Crippen molar-refractivity contribution in [3.63, 3.8) is 0 Å². The van der Waals surface area contributed by atoms with Gasteiger partial charge in [0.25, 0.3) is 5.69 Å². The number of halogens is 5. The van der Waals surface area contributed by atoms with Gasteiger partial charge in [-0.2, -0.15) is 5.26 Å². The fraction of sp³-hybridized carbons (Fsp3) is 0.125. The maximum absolute atomic E-state index is 12.4. The zero-order valence-electron chi connectivity index (χ0n) is 8.45. The second-order valence-corrected chi connectivity index (χ2v) is 5.76. The number of rotatable bonds is 3. The zero-order valence-corrected chi connectivity index (χ0v) is 9.26. The fourth-order valence-corrected chi connectivity index (χ4v) is 1.90. The molecular formula is C8H5F5N2O2S. The summed E-state index contributed by atoms with van der Waals surface area (Å²) in [6.07, 6.45) is -0.766. The largest absolute Gasteiger partial charge is 0.310 e. The quantitative estimate of drug-likeness (QED) is 0.472. The Kier molecular flexibility index (Phi) is 2.61. The molecule has 0 spiro atoms.